The number of phosphoric acid groups is 1. The van der Waals surface area contributed by atoms with Gasteiger partial charge < -0.3 is 19.2 Å². The third-order valence-electron chi connectivity index (χ3n) is 1.84. The van der Waals surface area contributed by atoms with Gasteiger partial charge in [0, 0.05) is 0 Å². The van der Waals surface area contributed by atoms with Crippen LogP contribution in [0, 0.1) is 0 Å². The second kappa shape index (κ2) is 17.3. The van der Waals surface area contributed by atoms with Gasteiger partial charge in [0.05, 0.1) is 13.6 Å². The molecule has 20 heavy (non-hydrogen) atoms. The quantitative estimate of drug-likeness (QED) is 0.262. The molecule has 0 atom stereocenters. The molecule has 0 bridgehead atoms. The Morgan fingerprint density at radius 1 is 1.10 bits per heavy atom. The van der Waals surface area contributed by atoms with Crippen molar-refractivity contribution in [3.05, 3.63) is 0 Å². The first kappa shape index (κ1) is 29.9. The van der Waals surface area contributed by atoms with E-state index in [9.17, 15) is 12.9 Å². The molecule has 0 spiro atoms. The van der Waals surface area contributed by atoms with Crippen molar-refractivity contribution in [3.8, 4) is 0 Å². The van der Waals surface area contributed by atoms with Crippen LogP contribution < -0.4 is 68.9 Å². The van der Waals surface area contributed by atoms with Gasteiger partial charge in [-0.3, -0.25) is 0 Å². The molecule has 0 aromatic carbocycles. The van der Waals surface area contributed by atoms with Crippen molar-refractivity contribution in [2.45, 2.75) is 45.4 Å². The van der Waals surface area contributed by atoms with Crippen molar-refractivity contribution >= 4 is 17.9 Å². The fraction of sp³-hybridized carbons (Fsp3) is 1.00. The molecule has 1 N–H and O–H groups in total. The van der Waals surface area contributed by atoms with Gasteiger partial charge in [0.1, 0.15) is 0 Å². The van der Waals surface area contributed by atoms with Gasteiger partial charge in [-0.05, 0) is 10.9 Å². The second-order valence-corrected chi connectivity index (χ2v) is 6.15. The molecule has 0 fully saturated rings. The van der Waals surface area contributed by atoms with E-state index >= 15 is 0 Å². The maximum atomic E-state index is 11.3. The molecule has 0 amide bonds. The molecule has 0 aliphatic rings. The fourth-order valence-corrected chi connectivity index (χ4v) is 1.71. The van der Waals surface area contributed by atoms with Crippen molar-refractivity contribution in [1.29, 1.82) is 0 Å². The van der Waals surface area contributed by atoms with Gasteiger partial charge in [-0.2, -0.15) is 8.42 Å². The van der Waals surface area contributed by atoms with E-state index in [1.165, 1.54) is 6.42 Å². The zero-order chi connectivity index (χ0) is 14.7. The van der Waals surface area contributed by atoms with Crippen LogP contribution in [-0.4, -0.2) is 19.1 Å². The number of rotatable bonds is 8. The maximum Gasteiger partial charge on any atom is 1.00 e. The standard InChI is InChI=1S/C8H17FO3S.2Na.H3O4P/c1-2-3-4-5-6-7-8-13(10,11)12-9;;;1-5(2,3)4/h2-8H2,1H3;;;(H3,1,2,3,4)/q;2*+1;/p-2. The minimum absolute atomic E-state index is 0. The first-order chi connectivity index (χ1) is 8.12. The summed E-state index contributed by atoms with van der Waals surface area (Å²) in [6.07, 6.45) is 5.76. The van der Waals surface area contributed by atoms with E-state index in [1.54, 1.807) is 0 Å². The molecular weight excluding hydrogens is 336 g/mol. The van der Waals surface area contributed by atoms with Crippen molar-refractivity contribution in [3.63, 3.8) is 0 Å². The molecule has 0 aliphatic carbocycles. The van der Waals surface area contributed by atoms with E-state index in [-0.39, 0.29) is 64.9 Å². The van der Waals surface area contributed by atoms with Gasteiger partial charge in [-0.25, -0.2) is 0 Å². The predicted molar refractivity (Wildman–Crippen MR) is 59.2 cm³/mol. The summed E-state index contributed by atoms with van der Waals surface area (Å²) in [6.45, 7) is 2.11. The molecule has 0 rings (SSSR count). The Hall–Kier alpha value is 1.95. The summed E-state index contributed by atoms with van der Waals surface area (Å²) in [4.78, 5) is 24.3. The monoisotopic (exact) mass is 354 g/mol. The summed E-state index contributed by atoms with van der Waals surface area (Å²) < 4.78 is 43.8. The number of unbranched alkanes of at least 4 members (excludes halogenated alkanes) is 5. The normalized spacial score (nSPS) is 10.7. The minimum atomic E-state index is -5.14. The molecule has 0 aliphatic heterocycles. The molecular formula is C8H18FNa2O7PS. The molecule has 0 saturated carbocycles. The van der Waals surface area contributed by atoms with E-state index in [4.69, 9.17) is 19.2 Å². The average molecular weight is 354 g/mol. The number of hydrogen-bond donors (Lipinski definition) is 1. The van der Waals surface area contributed by atoms with Gasteiger partial charge in [0.15, 0.2) is 0 Å². The van der Waals surface area contributed by atoms with Gasteiger partial charge in [-0.1, -0.05) is 43.4 Å². The van der Waals surface area contributed by atoms with Crippen molar-refractivity contribution in [2.75, 3.05) is 5.75 Å². The SMILES string of the molecule is CCCCCCCCS(=O)(=O)OF.O=P([O-])([O-])O.[Na+].[Na+]. The molecule has 7 nitrogen and oxygen atoms in total. The Morgan fingerprint density at radius 2 is 1.45 bits per heavy atom. The van der Waals surface area contributed by atoms with Crippen LogP contribution in [0.4, 0.5) is 4.53 Å². The number of hydrogen-bond acceptors (Lipinski definition) is 6. The zero-order valence-corrected chi connectivity index (χ0v) is 17.8. The summed E-state index contributed by atoms with van der Waals surface area (Å²) in [7, 11) is -9.02. The average Bonchev–Trinajstić information content (AvgIpc) is 2.21. The molecule has 0 aromatic rings. The smallest absolute Gasteiger partial charge is 0.790 e. The van der Waals surface area contributed by atoms with Crippen LogP contribution in [0.5, 0.6) is 0 Å². The van der Waals surface area contributed by atoms with Crippen LogP contribution >= 0.6 is 7.82 Å². The Kier molecular flexibility index (Phi) is 25.9. The Morgan fingerprint density at radius 3 is 1.80 bits per heavy atom. The van der Waals surface area contributed by atoms with Gasteiger partial charge in [-0.15, -0.1) is 0 Å². The van der Waals surface area contributed by atoms with Crippen LogP contribution in [0.15, 0.2) is 0 Å². The van der Waals surface area contributed by atoms with Gasteiger partial charge >= 0.3 is 59.1 Å². The van der Waals surface area contributed by atoms with Gasteiger partial charge in [0.25, 0.3) is 10.1 Å². The minimum Gasteiger partial charge on any atom is -0.790 e. The van der Waals surface area contributed by atoms with Crippen LogP contribution in [0.3, 0.4) is 0 Å². The van der Waals surface area contributed by atoms with Crippen LogP contribution in [0.1, 0.15) is 45.4 Å². The Labute approximate surface area is 163 Å². The van der Waals surface area contributed by atoms with Gasteiger partial charge in [0.2, 0.25) is 0 Å². The summed E-state index contributed by atoms with van der Waals surface area (Å²) in [5.41, 5.74) is 0. The molecule has 112 valence electrons. The molecule has 0 heterocycles. The molecule has 0 unspecified atom stereocenters. The summed E-state index contributed by atoms with van der Waals surface area (Å²) in [5, 5.41) is 0. The van der Waals surface area contributed by atoms with E-state index in [0.29, 0.717) is 6.42 Å². The van der Waals surface area contributed by atoms with Crippen molar-refractivity contribution in [1.82, 2.24) is 0 Å². The Bertz CT molecular complexity index is 327. The summed E-state index contributed by atoms with van der Waals surface area (Å²) in [6, 6.07) is 0. The van der Waals surface area contributed by atoms with Crippen molar-refractivity contribution in [2.24, 2.45) is 0 Å². The topological polar surface area (TPSA) is 127 Å². The van der Waals surface area contributed by atoms with E-state index in [2.05, 4.69) is 11.3 Å². The van der Waals surface area contributed by atoms with E-state index in [1.807, 2.05) is 0 Å². The summed E-state index contributed by atoms with van der Waals surface area (Å²) in [5.74, 6) is -0.213. The van der Waals surface area contributed by atoms with Crippen molar-refractivity contribution < 1.29 is 95.7 Å². The van der Waals surface area contributed by atoms with E-state index < -0.39 is 17.9 Å². The first-order valence-electron chi connectivity index (χ1n) is 5.40. The first-order valence-corrected chi connectivity index (χ1v) is 8.47. The third-order valence-corrected chi connectivity index (χ3v) is 2.82. The van der Waals surface area contributed by atoms with Crippen LogP contribution in [-0.2, 0) is 19.1 Å². The molecule has 12 heteroatoms. The molecule has 0 radical (unpaired) electrons. The van der Waals surface area contributed by atoms with E-state index in [0.717, 1.165) is 25.7 Å². The fourth-order valence-electron chi connectivity index (χ4n) is 1.09. The van der Waals surface area contributed by atoms with Crippen LogP contribution in [0.25, 0.3) is 0 Å². The second-order valence-electron chi connectivity index (χ2n) is 3.56. The summed E-state index contributed by atoms with van der Waals surface area (Å²) >= 11 is 0. The van der Waals surface area contributed by atoms with Crippen LogP contribution in [0.2, 0.25) is 0 Å². The predicted octanol–water partition coefficient (Wildman–Crippen LogP) is -5.61. The maximum absolute atomic E-state index is 11.3. The third kappa shape index (κ3) is 36.8. The Balaban J connectivity index is -0.000000158. The number of halogens is 1. The largest absolute Gasteiger partial charge is 1.00 e. The molecule has 0 aromatic heterocycles. The molecule has 0 saturated heterocycles. The zero-order valence-electron chi connectivity index (χ0n) is 12.1.